The third-order valence-corrected chi connectivity index (χ3v) is 8.68. The van der Waals surface area contributed by atoms with E-state index in [2.05, 4.69) is 5.32 Å². The summed E-state index contributed by atoms with van der Waals surface area (Å²) < 4.78 is 78.4. The maximum Gasteiger partial charge on any atom is 0.416 e. The van der Waals surface area contributed by atoms with E-state index in [9.17, 15) is 27.2 Å². The van der Waals surface area contributed by atoms with Crippen molar-refractivity contribution in [3.63, 3.8) is 0 Å². The van der Waals surface area contributed by atoms with Crippen LogP contribution in [0.5, 0.6) is 11.5 Å². The molecule has 1 atom stereocenters. The highest BCUT2D eigenvalue weighted by molar-refractivity contribution is 5.84. The fraction of sp³-hybridized carbons (Fsp3) is 0.314. The van der Waals surface area contributed by atoms with Crippen molar-refractivity contribution in [3.8, 4) is 22.6 Å². The SMILES string of the molecule is Cc1ccc2cc1C(n1cc(CCN3CC(F)C3)c(C(F)(F)F)cc1=O)C(=O)NCc1cc(cc(C)c1F)-c1c(C)cccc1O2. The minimum Gasteiger partial charge on any atom is -0.457 e. The average molecular weight is 638 g/mol. The van der Waals surface area contributed by atoms with Crippen molar-refractivity contribution in [1.29, 1.82) is 0 Å². The molecule has 4 bridgehead atoms. The summed E-state index contributed by atoms with van der Waals surface area (Å²) in [6, 6.07) is 12.9. The van der Waals surface area contributed by atoms with Crippen LogP contribution in [0.3, 0.4) is 0 Å². The highest BCUT2D eigenvalue weighted by Gasteiger charge is 2.36. The molecule has 1 unspecified atom stereocenters. The molecule has 46 heavy (non-hydrogen) atoms. The molecule has 3 heterocycles. The number of carbonyl (C=O) groups is 1. The first-order valence-electron chi connectivity index (χ1n) is 14.9. The molecule has 1 saturated heterocycles. The van der Waals surface area contributed by atoms with Gasteiger partial charge in [0.05, 0.1) is 5.56 Å². The molecule has 1 aromatic heterocycles. The predicted octanol–water partition coefficient (Wildman–Crippen LogP) is 6.81. The lowest BCUT2D eigenvalue weighted by Gasteiger charge is -2.34. The second-order valence-electron chi connectivity index (χ2n) is 12.0. The number of alkyl halides is 4. The van der Waals surface area contributed by atoms with Gasteiger partial charge in [0.25, 0.3) is 5.56 Å². The lowest BCUT2D eigenvalue weighted by molar-refractivity contribution is -0.138. The van der Waals surface area contributed by atoms with Crippen LogP contribution in [0.2, 0.25) is 0 Å². The summed E-state index contributed by atoms with van der Waals surface area (Å²) in [4.78, 5) is 29.2. The number of halogens is 5. The van der Waals surface area contributed by atoms with Crippen molar-refractivity contribution in [2.45, 2.75) is 52.1 Å². The molecule has 0 aliphatic carbocycles. The molecule has 6 rings (SSSR count). The molecule has 0 spiro atoms. The van der Waals surface area contributed by atoms with Crippen molar-refractivity contribution in [2.75, 3.05) is 19.6 Å². The van der Waals surface area contributed by atoms with Gasteiger partial charge in [0.15, 0.2) is 0 Å². The molecule has 0 saturated carbocycles. The largest absolute Gasteiger partial charge is 0.457 e. The number of hydrogen-bond donors (Lipinski definition) is 1. The summed E-state index contributed by atoms with van der Waals surface area (Å²) in [5, 5.41) is 2.73. The third-order valence-electron chi connectivity index (χ3n) is 8.68. The highest BCUT2D eigenvalue weighted by atomic mass is 19.4. The van der Waals surface area contributed by atoms with E-state index in [0.717, 1.165) is 21.9 Å². The van der Waals surface area contributed by atoms with Crippen LogP contribution in [-0.4, -0.2) is 41.2 Å². The van der Waals surface area contributed by atoms with Gasteiger partial charge in [-0.05, 0) is 90.9 Å². The first kappa shape index (κ1) is 31.5. The third kappa shape index (κ3) is 6.03. The topological polar surface area (TPSA) is 63.6 Å². The van der Waals surface area contributed by atoms with Crippen molar-refractivity contribution < 1.29 is 31.5 Å². The molecule has 1 N–H and O–H groups in total. The maximum absolute atomic E-state index is 15.4. The van der Waals surface area contributed by atoms with Crippen LogP contribution in [0.15, 0.2) is 65.6 Å². The zero-order chi connectivity index (χ0) is 32.9. The smallest absolute Gasteiger partial charge is 0.416 e. The number of hydrogen-bond acceptors (Lipinski definition) is 4. The van der Waals surface area contributed by atoms with Crippen molar-refractivity contribution in [1.82, 2.24) is 14.8 Å². The Morgan fingerprint density at radius 1 is 0.957 bits per heavy atom. The Bertz CT molecular complexity index is 1900. The Hall–Kier alpha value is -4.51. The summed E-state index contributed by atoms with van der Waals surface area (Å²) >= 11 is 0. The molecule has 6 nitrogen and oxygen atoms in total. The fourth-order valence-electron chi connectivity index (χ4n) is 6.24. The number of amides is 1. The molecule has 0 radical (unpaired) electrons. The second kappa shape index (κ2) is 12.0. The summed E-state index contributed by atoms with van der Waals surface area (Å²) in [5.41, 5.74) is 1.40. The van der Waals surface area contributed by atoms with Crippen LogP contribution < -0.4 is 15.6 Å². The molecule has 2 aliphatic rings. The number of likely N-dealkylation sites (tertiary alicyclic amines) is 1. The van der Waals surface area contributed by atoms with Crippen LogP contribution in [-0.2, 0) is 23.9 Å². The van der Waals surface area contributed by atoms with Crippen LogP contribution in [0.4, 0.5) is 22.0 Å². The fourth-order valence-corrected chi connectivity index (χ4v) is 6.24. The van der Waals surface area contributed by atoms with E-state index in [4.69, 9.17) is 4.74 Å². The number of ether oxygens (including phenoxy) is 1. The first-order chi connectivity index (χ1) is 21.8. The molecular formula is C35H32F5N3O3. The number of benzene rings is 3. The zero-order valence-corrected chi connectivity index (χ0v) is 25.5. The molecule has 240 valence electrons. The first-order valence-corrected chi connectivity index (χ1v) is 14.9. The number of nitrogens with one attached hydrogen (secondary N) is 1. The van der Waals surface area contributed by atoms with Gasteiger partial charge in [-0.1, -0.05) is 18.2 Å². The monoisotopic (exact) mass is 637 g/mol. The Morgan fingerprint density at radius 2 is 1.72 bits per heavy atom. The highest BCUT2D eigenvalue weighted by Crippen LogP contribution is 2.39. The van der Waals surface area contributed by atoms with Gasteiger partial charge in [-0.25, -0.2) is 8.78 Å². The van der Waals surface area contributed by atoms with Crippen LogP contribution in [0.25, 0.3) is 11.1 Å². The zero-order valence-electron chi connectivity index (χ0n) is 25.5. The molecule has 3 aromatic carbocycles. The van der Waals surface area contributed by atoms with Gasteiger partial charge < -0.3 is 10.1 Å². The number of rotatable bonds is 4. The van der Waals surface area contributed by atoms with Crippen molar-refractivity contribution in [3.05, 3.63) is 116 Å². The summed E-state index contributed by atoms with van der Waals surface area (Å²) in [6.45, 7) is 5.40. The molecule has 4 aromatic rings. The Morgan fingerprint density at radius 3 is 2.43 bits per heavy atom. The predicted molar refractivity (Wildman–Crippen MR) is 163 cm³/mol. The lowest BCUT2D eigenvalue weighted by atomic mass is 9.95. The van der Waals surface area contributed by atoms with Gasteiger partial charge in [-0.15, -0.1) is 0 Å². The normalized spacial score (nSPS) is 17.1. The van der Waals surface area contributed by atoms with E-state index >= 15 is 4.39 Å². The molecule has 1 fully saturated rings. The molecule has 11 heteroatoms. The Labute approximate surface area is 262 Å². The van der Waals surface area contributed by atoms with E-state index in [-0.39, 0.29) is 43.7 Å². The molecule has 2 aliphatic heterocycles. The van der Waals surface area contributed by atoms with Crippen LogP contribution in [0.1, 0.15) is 45.0 Å². The van der Waals surface area contributed by atoms with Gasteiger partial charge in [0.1, 0.15) is 29.5 Å². The van der Waals surface area contributed by atoms with E-state index in [0.29, 0.717) is 39.8 Å². The van der Waals surface area contributed by atoms with E-state index in [1.807, 2.05) is 19.1 Å². The Balaban J connectivity index is 1.52. The van der Waals surface area contributed by atoms with E-state index in [1.54, 1.807) is 55.1 Å². The van der Waals surface area contributed by atoms with Crippen molar-refractivity contribution in [2.24, 2.45) is 0 Å². The van der Waals surface area contributed by atoms with Crippen LogP contribution >= 0.6 is 0 Å². The van der Waals surface area contributed by atoms with Crippen molar-refractivity contribution >= 4 is 5.91 Å². The van der Waals surface area contributed by atoms with E-state index < -0.39 is 41.2 Å². The molecule has 1 amide bonds. The van der Waals surface area contributed by atoms with Gasteiger partial charge in [0.2, 0.25) is 5.91 Å². The summed E-state index contributed by atoms with van der Waals surface area (Å²) in [5.74, 6) is -0.412. The minimum absolute atomic E-state index is 0.119. The number of carbonyl (C=O) groups excluding carboxylic acids is 1. The van der Waals surface area contributed by atoms with Gasteiger partial charge in [-0.3, -0.25) is 19.1 Å². The number of fused-ring (bicyclic) bond motifs is 6. The van der Waals surface area contributed by atoms with Gasteiger partial charge in [-0.2, -0.15) is 13.2 Å². The van der Waals surface area contributed by atoms with Crippen LogP contribution in [0, 0.1) is 26.6 Å². The number of pyridine rings is 1. The quantitative estimate of drug-likeness (QED) is 0.250. The second-order valence-corrected chi connectivity index (χ2v) is 12.0. The average Bonchev–Trinajstić information content (AvgIpc) is 2.98. The number of aryl methyl sites for hydroxylation is 3. The standard InChI is InChI=1S/C35H32F5N3O3/c1-19-7-8-26-13-27(19)33(43-16-22(9-10-42-17-25(36)18-42)28(14-30(43)44)35(38,39)40)34(45)41-15-24-12-23(11-21(3)32(24)37)31-20(2)5-4-6-29(31)46-26/h4-8,11-14,16,25,33H,9-10,15,17-18H2,1-3H3,(H,41,45). The molecular weight excluding hydrogens is 605 g/mol. The summed E-state index contributed by atoms with van der Waals surface area (Å²) in [7, 11) is 0. The minimum atomic E-state index is -4.83. The Kier molecular flexibility index (Phi) is 8.22. The van der Waals surface area contributed by atoms with E-state index in [1.165, 1.54) is 0 Å². The van der Waals surface area contributed by atoms with Gasteiger partial charge in [0, 0.05) is 49.6 Å². The number of nitrogens with zero attached hydrogens (tertiary/aromatic N) is 2. The van der Waals surface area contributed by atoms with Gasteiger partial charge >= 0.3 is 6.18 Å². The maximum atomic E-state index is 15.4. The number of aromatic nitrogens is 1. The summed E-state index contributed by atoms with van der Waals surface area (Å²) in [6.07, 6.45) is -4.90. The lowest BCUT2D eigenvalue weighted by Crippen LogP contribution is -2.49.